The van der Waals surface area contributed by atoms with E-state index in [0.29, 0.717) is 11.3 Å². The molecule has 0 bridgehead atoms. The van der Waals surface area contributed by atoms with Crippen LogP contribution >= 0.6 is 0 Å². The molecule has 5 nitrogen and oxygen atoms in total. The molecule has 7 heteroatoms. The molecule has 1 N–H and O–H groups in total. The summed E-state index contributed by atoms with van der Waals surface area (Å²) in [7, 11) is 1.36. The number of rotatable bonds is 6. The van der Waals surface area contributed by atoms with Gasteiger partial charge in [-0.1, -0.05) is 0 Å². The first-order chi connectivity index (χ1) is 10.0. The number of amides is 1. The Morgan fingerprint density at radius 1 is 1.38 bits per heavy atom. The first-order valence-electron chi connectivity index (χ1n) is 6.48. The number of carbonyl (C=O) groups is 1. The Bertz CT molecular complexity index is 557. The molecule has 114 valence electrons. The van der Waals surface area contributed by atoms with E-state index in [2.05, 4.69) is 15.3 Å². The van der Waals surface area contributed by atoms with E-state index in [4.69, 9.17) is 4.74 Å². The van der Waals surface area contributed by atoms with Gasteiger partial charge in [-0.25, -0.2) is 5.43 Å². The summed E-state index contributed by atoms with van der Waals surface area (Å²) in [5.74, 6) is 0.0961. The van der Waals surface area contributed by atoms with Gasteiger partial charge in [0.2, 0.25) is 5.91 Å². The summed E-state index contributed by atoms with van der Waals surface area (Å²) in [5, 5.41) is 3.99. The number of nitrogens with one attached hydrogen (secondary N) is 1. The molecule has 0 heterocycles. The highest BCUT2D eigenvalue weighted by molar-refractivity contribution is 5.99. The van der Waals surface area contributed by atoms with E-state index in [9.17, 15) is 13.6 Å². The van der Waals surface area contributed by atoms with Gasteiger partial charge in [0.15, 0.2) is 11.5 Å². The quantitative estimate of drug-likeness (QED) is 0.648. The number of ether oxygens (including phenoxy) is 2. The maximum Gasteiger partial charge on any atom is 0.387 e. The lowest BCUT2D eigenvalue weighted by Gasteiger charge is -2.11. The molecule has 0 aromatic heterocycles. The molecule has 1 aliphatic rings. The summed E-state index contributed by atoms with van der Waals surface area (Å²) in [6, 6.07) is 4.48. The molecule has 1 fully saturated rings. The van der Waals surface area contributed by atoms with Gasteiger partial charge in [-0.15, -0.1) is 0 Å². The van der Waals surface area contributed by atoms with Gasteiger partial charge in [0, 0.05) is 11.5 Å². The van der Waals surface area contributed by atoms with Crippen LogP contribution in [0.2, 0.25) is 0 Å². The number of nitrogens with zero attached hydrogens (tertiary/aromatic N) is 1. The number of hydrogen-bond donors (Lipinski definition) is 1. The molecule has 1 aromatic carbocycles. The molecule has 0 spiro atoms. The smallest absolute Gasteiger partial charge is 0.387 e. The fourth-order valence-corrected chi connectivity index (χ4v) is 1.73. The second kappa shape index (κ2) is 6.51. The number of halogens is 2. The maximum absolute atomic E-state index is 12.2. The van der Waals surface area contributed by atoms with Crippen molar-refractivity contribution < 1.29 is 23.0 Å². The normalized spacial score (nSPS) is 15.0. The number of alkyl halides is 2. The highest BCUT2D eigenvalue weighted by Crippen LogP contribution is 2.30. The average molecular weight is 298 g/mol. The van der Waals surface area contributed by atoms with E-state index in [1.54, 1.807) is 13.0 Å². The Morgan fingerprint density at radius 3 is 2.67 bits per heavy atom. The van der Waals surface area contributed by atoms with E-state index < -0.39 is 6.61 Å². The number of methoxy groups -OCH3 is 1. The standard InChI is InChI=1S/C14H16F2N2O3/c1-8(17-18-13(19)9-3-4-9)10-5-6-11(21-14(15)16)12(7-10)20-2/h5-7,9,14H,3-4H2,1-2H3,(H,18,19)/b17-8-. The van der Waals surface area contributed by atoms with Gasteiger partial charge >= 0.3 is 6.61 Å². The van der Waals surface area contributed by atoms with Gasteiger partial charge in [-0.3, -0.25) is 4.79 Å². The predicted octanol–water partition coefficient (Wildman–Crippen LogP) is 2.55. The summed E-state index contributed by atoms with van der Waals surface area (Å²) in [4.78, 5) is 11.5. The summed E-state index contributed by atoms with van der Waals surface area (Å²) in [6.45, 7) is -1.22. The topological polar surface area (TPSA) is 59.9 Å². The van der Waals surface area contributed by atoms with Crippen LogP contribution in [0.1, 0.15) is 25.3 Å². The highest BCUT2D eigenvalue weighted by Gasteiger charge is 2.29. The largest absolute Gasteiger partial charge is 0.493 e. The van der Waals surface area contributed by atoms with Gasteiger partial charge in [-0.05, 0) is 38.0 Å². The van der Waals surface area contributed by atoms with Crippen LogP contribution in [0.5, 0.6) is 11.5 Å². The van der Waals surface area contributed by atoms with Gasteiger partial charge < -0.3 is 9.47 Å². The lowest BCUT2D eigenvalue weighted by molar-refractivity contribution is -0.122. The summed E-state index contributed by atoms with van der Waals surface area (Å²) in [5.41, 5.74) is 3.67. The summed E-state index contributed by atoms with van der Waals surface area (Å²) < 4.78 is 33.8. The van der Waals surface area contributed by atoms with Crippen molar-refractivity contribution in [2.45, 2.75) is 26.4 Å². The third-order valence-corrected chi connectivity index (χ3v) is 3.08. The molecule has 0 unspecified atom stereocenters. The van der Waals surface area contributed by atoms with E-state index in [-0.39, 0.29) is 23.3 Å². The summed E-state index contributed by atoms with van der Waals surface area (Å²) in [6.07, 6.45) is 1.79. The molecule has 21 heavy (non-hydrogen) atoms. The van der Waals surface area contributed by atoms with Crippen molar-refractivity contribution in [3.8, 4) is 11.5 Å². The van der Waals surface area contributed by atoms with Gasteiger partial charge in [-0.2, -0.15) is 13.9 Å². The molecule has 0 saturated heterocycles. The van der Waals surface area contributed by atoms with E-state index >= 15 is 0 Å². The fourth-order valence-electron chi connectivity index (χ4n) is 1.73. The van der Waals surface area contributed by atoms with Gasteiger partial charge in [0.05, 0.1) is 12.8 Å². The minimum Gasteiger partial charge on any atom is -0.493 e. The maximum atomic E-state index is 12.2. The molecule has 1 aliphatic carbocycles. The minimum absolute atomic E-state index is 0.0499. The zero-order chi connectivity index (χ0) is 15.4. The SMILES string of the molecule is COc1cc(/C(C)=N\NC(=O)C2CC2)ccc1OC(F)F. The Hall–Kier alpha value is -2.18. The third kappa shape index (κ3) is 4.14. The van der Waals surface area contributed by atoms with Crippen LogP contribution in [0.3, 0.4) is 0 Å². The zero-order valence-electron chi connectivity index (χ0n) is 11.7. The van der Waals surface area contributed by atoms with Crippen LogP contribution in [0.15, 0.2) is 23.3 Å². The first kappa shape index (κ1) is 15.2. The van der Waals surface area contributed by atoms with E-state index in [1.807, 2.05) is 0 Å². The van der Waals surface area contributed by atoms with Crippen molar-refractivity contribution in [1.82, 2.24) is 5.43 Å². The van der Waals surface area contributed by atoms with Crippen LogP contribution < -0.4 is 14.9 Å². The van der Waals surface area contributed by atoms with E-state index in [0.717, 1.165) is 12.8 Å². The molecular weight excluding hydrogens is 282 g/mol. The zero-order valence-corrected chi connectivity index (χ0v) is 11.7. The van der Waals surface area contributed by atoms with Crippen molar-refractivity contribution >= 4 is 11.6 Å². The highest BCUT2D eigenvalue weighted by atomic mass is 19.3. The molecule has 1 aromatic rings. The molecule has 1 saturated carbocycles. The van der Waals surface area contributed by atoms with Crippen LogP contribution in [0.25, 0.3) is 0 Å². The minimum atomic E-state index is -2.92. The Morgan fingerprint density at radius 2 is 2.10 bits per heavy atom. The molecule has 0 radical (unpaired) electrons. The molecular formula is C14H16F2N2O3. The van der Waals surface area contributed by atoms with Crippen LogP contribution in [0, 0.1) is 5.92 Å². The van der Waals surface area contributed by atoms with Crippen molar-refractivity contribution in [3.63, 3.8) is 0 Å². The Balaban J connectivity index is 2.11. The Labute approximate surface area is 120 Å². The van der Waals surface area contributed by atoms with E-state index in [1.165, 1.54) is 19.2 Å². The fraction of sp³-hybridized carbons (Fsp3) is 0.429. The van der Waals surface area contributed by atoms with Gasteiger partial charge in [0.25, 0.3) is 0 Å². The predicted molar refractivity (Wildman–Crippen MR) is 72.7 cm³/mol. The number of benzene rings is 1. The second-order valence-electron chi connectivity index (χ2n) is 4.69. The van der Waals surface area contributed by atoms with Crippen molar-refractivity contribution in [1.29, 1.82) is 0 Å². The first-order valence-corrected chi connectivity index (χ1v) is 6.48. The van der Waals surface area contributed by atoms with Crippen LogP contribution in [-0.4, -0.2) is 25.3 Å². The average Bonchev–Trinajstić information content (AvgIpc) is 3.28. The van der Waals surface area contributed by atoms with Crippen LogP contribution in [0.4, 0.5) is 8.78 Å². The van der Waals surface area contributed by atoms with Crippen LogP contribution in [-0.2, 0) is 4.79 Å². The molecule has 2 rings (SSSR count). The van der Waals surface area contributed by atoms with Crippen molar-refractivity contribution in [3.05, 3.63) is 23.8 Å². The third-order valence-electron chi connectivity index (χ3n) is 3.08. The number of carbonyl (C=O) groups excluding carboxylic acids is 1. The number of hydrogen-bond acceptors (Lipinski definition) is 4. The monoisotopic (exact) mass is 298 g/mol. The van der Waals surface area contributed by atoms with Crippen molar-refractivity contribution in [2.75, 3.05) is 7.11 Å². The lowest BCUT2D eigenvalue weighted by Crippen LogP contribution is -2.20. The second-order valence-corrected chi connectivity index (χ2v) is 4.69. The molecule has 0 atom stereocenters. The Kier molecular flexibility index (Phi) is 4.72. The van der Waals surface area contributed by atoms with Gasteiger partial charge in [0.1, 0.15) is 0 Å². The molecule has 0 aliphatic heterocycles. The number of hydrazone groups is 1. The summed E-state index contributed by atoms with van der Waals surface area (Å²) >= 11 is 0. The van der Waals surface area contributed by atoms with Crippen molar-refractivity contribution in [2.24, 2.45) is 11.0 Å². The lowest BCUT2D eigenvalue weighted by atomic mass is 10.1. The molecule has 1 amide bonds.